The van der Waals surface area contributed by atoms with Crippen molar-refractivity contribution in [2.75, 3.05) is 13.2 Å². The first-order valence-electron chi connectivity index (χ1n) is 7.27. The van der Waals surface area contributed by atoms with Crippen molar-refractivity contribution in [2.24, 2.45) is 0 Å². The second-order valence-electron chi connectivity index (χ2n) is 5.20. The molecule has 2 atom stereocenters. The first kappa shape index (κ1) is 13.9. The molecule has 0 amide bonds. The standard InChI is InChI=1S/C17H19NO3/c1-2-7-20-13-8-12(9-18-10-13)17(19)15-11-21-16-6-4-3-5-14(15)16/h3-6,8-10,15,17,19H,2,7,11H2,1H3. The number of hydrogen-bond donors (Lipinski definition) is 1. The van der Waals surface area contributed by atoms with Crippen molar-refractivity contribution >= 4 is 0 Å². The molecule has 0 radical (unpaired) electrons. The lowest BCUT2D eigenvalue weighted by molar-refractivity contribution is 0.129. The van der Waals surface area contributed by atoms with Crippen molar-refractivity contribution in [3.05, 3.63) is 53.9 Å². The van der Waals surface area contributed by atoms with Crippen LogP contribution in [0.4, 0.5) is 0 Å². The number of aromatic nitrogens is 1. The summed E-state index contributed by atoms with van der Waals surface area (Å²) in [4.78, 5) is 4.16. The number of aliphatic hydroxyl groups excluding tert-OH is 1. The van der Waals surface area contributed by atoms with Gasteiger partial charge >= 0.3 is 0 Å². The first-order valence-corrected chi connectivity index (χ1v) is 7.27. The molecular weight excluding hydrogens is 266 g/mol. The Balaban J connectivity index is 1.81. The highest BCUT2D eigenvalue weighted by molar-refractivity contribution is 5.41. The zero-order valence-corrected chi connectivity index (χ0v) is 12.0. The fraction of sp³-hybridized carbons (Fsp3) is 0.353. The van der Waals surface area contributed by atoms with E-state index in [1.807, 2.05) is 30.3 Å². The summed E-state index contributed by atoms with van der Waals surface area (Å²) in [6.45, 7) is 3.19. The van der Waals surface area contributed by atoms with E-state index in [2.05, 4.69) is 11.9 Å². The second-order valence-corrected chi connectivity index (χ2v) is 5.20. The van der Waals surface area contributed by atoms with E-state index in [4.69, 9.17) is 9.47 Å². The van der Waals surface area contributed by atoms with Crippen LogP contribution in [0.5, 0.6) is 11.5 Å². The number of ether oxygens (including phenoxy) is 2. The average molecular weight is 285 g/mol. The molecule has 1 aromatic heterocycles. The number of pyridine rings is 1. The summed E-state index contributed by atoms with van der Waals surface area (Å²) < 4.78 is 11.2. The minimum Gasteiger partial charge on any atom is -0.493 e. The summed E-state index contributed by atoms with van der Waals surface area (Å²) in [6, 6.07) is 9.69. The van der Waals surface area contributed by atoms with Gasteiger partial charge in [0.15, 0.2) is 0 Å². The molecule has 0 bridgehead atoms. The molecule has 1 aliphatic heterocycles. The number of para-hydroxylation sites is 1. The fourth-order valence-corrected chi connectivity index (χ4v) is 2.58. The molecule has 1 aromatic carbocycles. The van der Waals surface area contributed by atoms with Crippen LogP contribution in [0.1, 0.15) is 36.5 Å². The normalized spacial score (nSPS) is 17.9. The van der Waals surface area contributed by atoms with Gasteiger partial charge in [-0.3, -0.25) is 4.98 Å². The lowest BCUT2D eigenvalue weighted by atomic mass is 9.91. The molecule has 0 saturated heterocycles. The Morgan fingerprint density at radius 3 is 3.10 bits per heavy atom. The third kappa shape index (κ3) is 2.85. The predicted octanol–water partition coefficient (Wildman–Crippen LogP) is 3.08. The van der Waals surface area contributed by atoms with Crippen LogP contribution in [0.25, 0.3) is 0 Å². The largest absolute Gasteiger partial charge is 0.493 e. The summed E-state index contributed by atoms with van der Waals surface area (Å²) in [5, 5.41) is 10.6. The van der Waals surface area contributed by atoms with E-state index in [0.717, 1.165) is 23.3 Å². The van der Waals surface area contributed by atoms with Crippen LogP contribution in [0.3, 0.4) is 0 Å². The Bertz CT molecular complexity index is 614. The summed E-state index contributed by atoms with van der Waals surface area (Å²) >= 11 is 0. The maximum Gasteiger partial charge on any atom is 0.137 e. The van der Waals surface area contributed by atoms with Crippen LogP contribution >= 0.6 is 0 Å². The van der Waals surface area contributed by atoms with E-state index < -0.39 is 6.10 Å². The molecule has 2 unspecified atom stereocenters. The first-order chi connectivity index (χ1) is 10.3. The van der Waals surface area contributed by atoms with Crippen LogP contribution < -0.4 is 9.47 Å². The van der Waals surface area contributed by atoms with Crippen LogP contribution in [0.15, 0.2) is 42.7 Å². The molecule has 1 aliphatic rings. The van der Waals surface area contributed by atoms with Crippen LogP contribution in [0.2, 0.25) is 0 Å². The second kappa shape index (κ2) is 6.14. The Morgan fingerprint density at radius 1 is 1.38 bits per heavy atom. The zero-order valence-electron chi connectivity index (χ0n) is 12.0. The molecule has 0 aliphatic carbocycles. The Labute approximate surface area is 124 Å². The molecule has 0 fully saturated rings. The van der Waals surface area contributed by atoms with Gasteiger partial charge in [0.05, 0.1) is 31.4 Å². The molecule has 0 saturated carbocycles. The topological polar surface area (TPSA) is 51.6 Å². The quantitative estimate of drug-likeness (QED) is 0.917. The molecule has 110 valence electrons. The van der Waals surface area contributed by atoms with Gasteiger partial charge in [-0.05, 0) is 18.6 Å². The SMILES string of the molecule is CCCOc1cncc(C(O)C2COc3ccccc32)c1. The van der Waals surface area contributed by atoms with E-state index >= 15 is 0 Å². The number of hydrogen-bond acceptors (Lipinski definition) is 4. The zero-order chi connectivity index (χ0) is 14.7. The third-order valence-corrected chi connectivity index (χ3v) is 3.67. The van der Waals surface area contributed by atoms with Gasteiger partial charge in [0.1, 0.15) is 11.5 Å². The highest BCUT2D eigenvalue weighted by atomic mass is 16.5. The van der Waals surface area contributed by atoms with Gasteiger partial charge in [0.25, 0.3) is 0 Å². The number of nitrogens with zero attached hydrogens (tertiary/aromatic N) is 1. The van der Waals surface area contributed by atoms with Gasteiger partial charge in [0.2, 0.25) is 0 Å². The van der Waals surface area contributed by atoms with Gasteiger partial charge in [-0.2, -0.15) is 0 Å². The molecule has 3 rings (SSSR count). The molecule has 4 heteroatoms. The van der Waals surface area contributed by atoms with Crippen molar-refractivity contribution in [1.29, 1.82) is 0 Å². The van der Waals surface area contributed by atoms with Gasteiger partial charge in [-0.25, -0.2) is 0 Å². The summed E-state index contributed by atoms with van der Waals surface area (Å²) in [5.74, 6) is 1.48. The van der Waals surface area contributed by atoms with Crippen molar-refractivity contribution in [1.82, 2.24) is 4.98 Å². The van der Waals surface area contributed by atoms with Gasteiger partial charge in [-0.15, -0.1) is 0 Å². The van der Waals surface area contributed by atoms with Crippen molar-refractivity contribution in [2.45, 2.75) is 25.4 Å². The van der Waals surface area contributed by atoms with Crippen molar-refractivity contribution in [3.8, 4) is 11.5 Å². The van der Waals surface area contributed by atoms with Gasteiger partial charge < -0.3 is 14.6 Å². The van der Waals surface area contributed by atoms with E-state index in [1.165, 1.54) is 0 Å². The lowest BCUT2D eigenvalue weighted by Gasteiger charge is -2.18. The summed E-state index contributed by atoms with van der Waals surface area (Å²) in [7, 11) is 0. The minimum absolute atomic E-state index is 0.0653. The van der Waals surface area contributed by atoms with Crippen LogP contribution in [0, 0.1) is 0 Å². The number of aliphatic hydroxyl groups is 1. The van der Waals surface area contributed by atoms with E-state index in [1.54, 1.807) is 12.4 Å². The molecular formula is C17H19NO3. The lowest BCUT2D eigenvalue weighted by Crippen LogP contribution is -2.13. The highest BCUT2D eigenvalue weighted by Crippen LogP contribution is 2.41. The average Bonchev–Trinajstić information content (AvgIpc) is 2.96. The van der Waals surface area contributed by atoms with Crippen LogP contribution in [-0.4, -0.2) is 23.3 Å². The van der Waals surface area contributed by atoms with E-state index in [9.17, 15) is 5.11 Å². The summed E-state index contributed by atoms with van der Waals surface area (Å²) in [6.07, 6.45) is 3.65. The molecule has 21 heavy (non-hydrogen) atoms. The van der Waals surface area contributed by atoms with Gasteiger partial charge in [-0.1, -0.05) is 25.1 Å². The Hall–Kier alpha value is -2.07. The molecule has 1 N–H and O–H groups in total. The van der Waals surface area contributed by atoms with Crippen molar-refractivity contribution in [3.63, 3.8) is 0 Å². The molecule has 2 heterocycles. The number of rotatable bonds is 5. The smallest absolute Gasteiger partial charge is 0.137 e. The van der Waals surface area contributed by atoms with E-state index in [0.29, 0.717) is 19.0 Å². The molecule has 2 aromatic rings. The minimum atomic E-state index is -0.647. The fourth-order valence-electron chi connectivity index (χ4n) is 2.58. The molecule has 0 spiro atoms. The van der Waals surface area contributed by atoms with Gasteiger partial charge in [0, 0.05) is 17.3 Å². The van der Waals surface area contributed by atoms with E-state index in [-0.39, 0.29) is 5.92 Å². The Kier molecular flexibility index (Phi) is 4.06. The maximum atomic E-state index is 10.6. The molecule has 4 nitrogen and oxygen atoms in total. The Morgan fingerprint density at radius 2 is 2.24 bits per heavy atom. The maximum absolute atomic E-state index is 10.6. The predicted molar refractivity (Wildman–Crippen MR) is 79.7 cm³/mol. The van der Waals surface area contributed by atoms with Crippen LogP contribution in [-0.2, 0) is 0 Å². The van der Waals surface area contributed by atoms with Crippen molar-refractivity contribution < 1.29 is 14.6 Å². The third-order valence-electron chi connectivity index (χ3n) is 3.67. The number of fused-ring (bicyclic) bond motifs is 1. The number of benzene rings is 1. The monoisotopic (exact) mass is 285 g/mol. The highest BCUT2D eigenvalue weighted by Gasteiger charge is 2.31. The summed E-state index contributed by atoms with van der Waals surface area (Å²) in [5.41, 5.74) is 1.80.